The van der Waals surface area contributed by atoms with Gasteiger partial charge in [-0.05, 0) is 19.3 Å². The van der Waals surface area contributed by atoms with Crippen LogP contribution in [-0.2, 0) is 20.0 Å². The molecule has 1 aromatic rings. The van der Waals surface area contributed by atoms with Crippen LogP contribution < -0.4 is 5.32 Å². The maximum atomic E-state index is 6.47. The summed E-state index contributed by atoms with van der Waals surface area (Å²) in [6, 6.07) is 1.09. The molecule has 1 saturated heterocycles. The third-order valence-corrected chi connectivity index (χ3v) is 4.83. The Morgan fingerprint density at radius 1 is 1.45 bits per heavy atom. The fourth-order valence-corrected chi connectivity index (χ4v) is 3.15. The molecule has 2 rings (SSSR count). The van der Waals surface area contributed by atoms with E-state index in [0.717, 1.165) is 42.5 Å². The quantitative estimate of drug-likeness (QED) is 0.927. The Labute approximate surface area is 127 Å². The van der Waals surface area contributed by atoms with E-state index in [1.54, 1.807) is 0 Å². The number of aryl methyl sites for hydroxylation is 2. The molecule has 5 heteroatoms. The zero-order chi connectivity index (χ0) is 14.9. The first-order valence-electron chi connectivity index (χ1n) is 7.61. The molecule has 2 heterocycles. The van der Waals surface area contributed by atoms with Crippen molar-refractivity contribution in [3.8, 4) is 0 Å². The summed E-state index contributed by atoms with van der Waals surface area (Å²) >= 11 is 6.47. The number of nitrogens with zero attached hydrogens (tertiary/aromatic N) is 3. The molecule has 1 N–H and O–H groups in total. The first-order valence-corrected chi connectivity index (χ1v) is 7.99. The summed E-state index contributed by atoms with van der Waals surface area (Å²) < 4.78 is 1.94. The third-order valence-electron chi connectivity index (χ3n) is 4.39. The Kier molecular flexibility index (Phi) is 5.10. The lowest BCUT2D eigenvalue weighted by molar-refractivity contribution is 0.113. The van der Waals surface area contributed by atoms with Crippen LogP contribution in [0, 0.1) is 5.92 Å². The molecule has 20 heavy (non-hydrogen) atoms. The molecule has 0 aromatic carbocycles. The van der Waals surface area contributed by atoms with Crippen molar-refractivity contribution >= 4 is 11.6 Å². The van der Waals surface area contributed by atoms with Gasteiger partial charge in [0.2, 0.25) is 0 Å². The number of hydrogen-bond donors (Lipinski definition) is 1. The summed E-state index contributed by atoms with van der Waals surface area (Å²) in [6.45, 7) is 11.9. The van der Waals surface area contributed by atoms with Crippen LogP contribution >= 0.6 is 11.6 Å². The van der Waals surface area contributed by atoms with Crippen LogP contribution in [0.2, 0.25) is 5.02 Å². The van der Waals surface area contributed by atoms with Gasteiger partial charge in [-0.2, -0.15) is 5.10 Å². The molecule has 114 valence electrons. The zero-order valence-electron chi connectivity index (χ0n) is 13.3. The van der Waals surface area contributed by atoms with Gasteiger partial charge in [-0.3, -0.25) is 9.58 Å². The van der Waals surface area contributed by atoms with E-state index in [4.69, 9.17) is 11.6 Å². The molecule has 4 nitrogen and oxygen atoms in total. The van der Waals surface area contributed by atoms with Crippen molar-refractivity contribution < 1.29 is 0 Å². The lowest BCUT2D eigenvalue weighted by atomic mass is 9.99. The Morgan fingerprint density at radius 2 is 2.15 bits per heavy atom. The summed E-state index contributed by atoms with van der Waals surface area (Å²) in [6.07, 6.45) is 0.887. The van der Waals surface area contributed by atoms with Gasteiger partial charge in [0.1, 0.15) is 0 Å². The largest absolute Gasteiger partial charge is 0.311 e. The SMILES string of the molecule is CCc1nn(C)c(CN2CC(C(C)C)NCC2C)c1Cl. The average Bonchev–Trinajstić information content (AvgIpc) is 2.68. The van der Waals surface area contributed by atoms with Crippen molar-refractivity contribution in [2.45, 2.75) is 52.7 Å². The topological polar surface area (TPSA) is 33.1 Å². The van der Waals surface area contributed by atoms with Gasteiger partial charge < -0.3 is 5.32 Å². The van der Waals surface area contributed by atoms with E-state index in [2.05, 4.69) is 43.0 Å². The Hall–Kier alpha value is -0.580. The van der Waals surface area contributed by atoms with Gasteiger partial charge in [0, 0.05) is 38.8 Å². The summed E-state index contributed by atoms with van der Waals surface area (Å²) in [5.74, 6) is 0.651. The maximum absolute atomic E-state index is 6.47. The van der Waals surface area contributed by atoms with E-state index in [1.807, 2.05) is 11.7 Å². The molecular formula is C15H27ClN4. The second kappa shape index (κ2) is 6.46. The van der Waals surface area contributed by atoms with Crippen molar-refractivity contribution in [1.29, 1.82) is 0 Å². The molecule has 2 unspecified atom stereocenters. The van der Waals surface area contributed by atoms with Crippen LogP contribution in [0.4, 0.5) is 0 Å². The molecule has 0 radical (unpaired) electrons. The number of hydrogen-bond acceptors (Lipinski definition) is 3. The molecule has 0 amide bonds. The molecule has 0 bridgehead atoms. The van der Waals surface area contributed by atoms with E-state index >= 15 is 0 Å². The second-order valence-electron chi connectivity index (χ2n) is 6.22. The second-order valence-corrected chi connectivity index (χ2v) is 6.60. The van der Waals surface area contributed by atoms with Gasteiger partial charge in [-0.25, -0.2) is 0 Å². The van der Waals surface area contributed by atoms with Crippen LogP contribution in [-0.4, -0.2) is 39.9 Å². The van der Waals surface area contributed by atoms with E-state index in [1.165, 1.54) is 0 Å². The van der Waals surface area contributed by atoms with Crippen molar-refractivity contribution in [1.82, 2.24) is 20.0 Å². The van der Waals surface area contributed by atoms with Crippen molar-refractivity contribution in [3.63, 3.8) is 0 Å². The average molecular weight is 299 g/mol. The highest BCUT2D eigenvalue weighted by molar-refractivity contribution is 6.31. The van der Waals surface area contributed by atoms with Crippen LogP contribution in [0.3, 0.4) is 0 Å². The van der Waals surface area contributed by atoms with Crippen molar-refractivity contribution in [2.75, 3.05) is 13.1 Å². The summed E-state index contributed by atoms with van der Waals surface area (Å²) in [5, 5.41) is 9.00. The molecular weight excluding hydrogens is 272 g/mol. The minimum Gasteiger partial charge on any atom is -0.311 e. The first-order chi connectivity index (χ1) is 9.43. The van der Waals surface area contributed by atoms with Crippen LogP contribution in [0.1, 0.15) is 39.1 Å². The van der Waals surface area contributed by atoms with Crippen molar-refractivity contribution in [3.05, 3.63) is 16.4 Å². The Morgan fingerprint density at radius 3 is 2.70 bits per heavy atom. The fourth-order valence-electron chi connectivity index (χ4n) is 2.80. The van der Waals surface area contributed by atoms with Gasteiger partial charge in [0.15, 0.2) is 0 Å². The summed E-state index contributed by atoms with van der Waals surface area (Å²) in [7, 11) is 1.99. The molecule has 1 fully saturated rings. The highest BCUT2D eigenvalue weighted by atomic mass is 35.5. The van der Waals surface area contributed by atoms with E-state index < -0.39 is 0 Å². The lowest BCUT2D eigenvalue weighted by Crippen LogP contribution is -2.56. The summed E-state index contributed by atoms with van der Waals surface area (Å²) in [5.41, 5.74) is 2.15. The molecule has 1 aliphatic rings. The normalized spacial score (nSPS) is 24.6. The van der Waals surface area contributed by atoms with Crippen LogP contribution in [0.15, 0.2) is 0 Å². The van der Waals surface area contributed by atoms with Gasteiger partial charge >= 0.3 is 0 Å². The smallest absolute Gasteiger partial charge is 0.0863 e. The number of nitrogens with one attached hydrogen (secondary N) is 1. The monoisotopic (exact) mass is 298 g/mol. The Balaban J connectivity index is 2.13. The number of rotatable bonds is 4. The van der Waals surface area contributed by atoms with Crippen molar-refractivity contribution in [2.24, 2.45) is 13.0 Å². The predicted molar refractivity (Wildman–Crippen MR) is 84.1 cm³/mol. The highest BCUT2D eigenvalue weighted by Gasteiger charge is 2.28. The minimum absolute atomic E-state index is 0.529. The summed E-state index contributed by atoms with van der Waals surface area (Å²) in [4.78, 5) is 2.52. The lowest BCUT2D eigenvalue weighted by Gasteiger charge is -2.40. The highest BCUT2D eigenvalue weighted by Crippen LogP contribution is 2.24. The molecule has 0 spiro atoms. The predicted octanol–water partition coefficient (Wildman–Crippen LogP) is 2.45. The molecule has 2 atom stereocenters. The molecule has 0 aliphatic carbocycles. The Bertz CT molecular complexity index is 455. The van der Waals surface area contributed by atoms with Gasteiger partial charge in [-0.1, -0.05) is 32.4 Å². The standard InChI is InChI=1S/C15H27ClN4/c1-6-12-15(16)14(19(5)18-12)9-20-8-13(10(2)3)17-7-11(20)4/h10-11,13,17H,6-9H2,1-5H3. The molecule has 1 aromatic heterocycles. The first kappa shape index (κ1) is 15.8. The third kappa shape index (κ3) is 3.18. The van der Waals surface area contributed by atoms with Crippen LogP contribution in [0.5, 0.6) is 0 Å². The van der Waals surface area contributed by atoms with E-state index in [0.29, 0.717) is 18.0 Å². The maximum Gasteiger partial charge on any atom is 0.0863 e. The zero-order valence-corrected chi connectivity index (χ0v) is 14.0. The number of aromatic nitrogens is 2. The molecule has 1 aliphatic heterocycles. The van der Waals surface area contributed by atoms with E-state index in [9.17, 15) is 0 Å². The minimum atomic E-state index is 0.529. The van der Waals surface area contributed by atoms with Gasteiger partial charge in [0.25, 0.3) is 0 Å². The number of piperazine rings is 1. The van der Waals surface area contributed by atoms with Gasteiger partial charge in [0.05, 0.1) is 16.4 Å². The van der Waals surface area contributed by atoms with Crippen LogP contribution in [0.25, 0.3) is 0 Å². The van der Waals surface area contributed by atoms with E-state index in [-0.39, 0.29) is 0 Å². The fraction of sp³-hybridized carbons (Fsp3) is 0.800. The number of halogens is 1. The van der Waals surface area contributed by atoms with Gasteiger partial charge in [-0.15, -0.1) is 0 Å². The molecule has 0 saturated carbocycles.